The predicted octanol–water partition coefficient (Wildman–Crippen LogP) is -0.132. The van der Waals surface area contributed by atoms with Crippen molar-refractivity contribution in [3.63, 3.8) is 0 Å². The van der Waals surface area contributed by atoms with Crippen molar-refractivity contribution < 1.29 is 0 Å². The minimum atomic E-state index is 0.334. The molecule has 1 fully saturated rings. The minimum Gasteiger partial charge on any atom is -0.303 e. The summed E-state index contributed by atoms with van der Waals surface area (Å²) in [5.41, 5.74) is 2.94. The van der Waals surface area contributed by atoms with Crippen molar-refractivity contribution in [3.8, 4) is 12.3 Å². The molecule has 1 aliphatic heterocycles. The molecule has 3 N–H and O–H groups in total. The predicted molar refractivity (Wildman–Crippen MR) is 67.7 cm³/mol. The van der Waals surface area contributed by atoms with E-state index in [4.69, 9.17) is 12.3 Å². The molecule has 92 valence electrons. The first-order valence-electron chi connectivity index (χ1n) is 5.97. The van der Waals surface area contributed by atoms with Crippen molar-refractivity contribution >= 4 is 0 Å². The van der Waals surface area contributed by atoms with Gasteiger partial charge in [-0.1, -0.05) is 0 Å². The molecule has 0 aromatic rings. The summed E-state index contributed by atoms with van der Waals surface area (Å²) in [4.78, 5) is 4.75. The Morgan fingerprint density at radius 2 is 2.25 bits per heavy atom. The lowest BCUT2D eigenvalue weighted by Gasteiger charge is -2.41. The molecule has 0 bridgehead atoms. The molecule has 16 heavy (non-hydrogen) atoms. The summed E-state index contributed by atoms with van der Waals surface area (Å²) in [5.74, 6) is 8.32. The topological polar surface area (TPSA) is 44.5 Å². The van der Waals surface area contributed by atoms with Crippen molar-refractivity contribution in [3.05, 3.63) is 0 Å². The second-order valence-corrected chi connectivity index (χ2v) is 4.68. The van der Waals surface area contributed by atoms with E-state index in [1.807, 2.05) is 0 Å². The fourth-order valence-electron chi connectivity index (χ4n) is 2.29. The Morgan fingerprint density at radius 1 is 1.50 bits per heavy atom. The zero-order valence-electron chi connectivity index (χ0n) is 10.4. The Hall–Kier alpha value is -0.600. The fraction of sp³-hybridized carbons (Fsp3) is 0.833. The van der Waals surface area contributed by atoms with Crippen LogP contribution >= 0.6 is 0 Å². The van der Waals surface area contributed by atoms with Crippen LogP contribution in [0, 0.1) is 12.3 Å². The Bertz CT molecular complexity index is 236. The van der Waals surface area contributed by atoms with Gasteiger partial charge in [0.25, 0.3) is 0 Å². The highest BCUT2D eigenvalue weighted by Crippen LogP contribution is 2.13. The Balaban J connectivity index is 2.46. The number of hydrogen-bond donors (Lipinski definition) is 2. The third-order valence-electron chi connectivity index (χ3n) is 3.41. The van der Waals surface area contributed by atoms with E-state index in [0.717, 1.165) is 38.9 Å². The molecule has 4 nitrogen and oxygen atoms in total. The Morgan fingerprint density at radius 3 is 2.88 bits per heavy atom. The van der Waals surface area contributed by atoms with E-state index in [0.29, 0.717) is 12.1 Å². The average molecular weight is 224 g/mol. The molecule has 0 amide bonds. The average Bonchev–Trinajstić information content (AvgIpc) is 2.28. The van der Waals surface area contributed by atoms with Crippen LogP contribution in [-0.2, 0) is 0 Å². The van der Waals surface area contributed by atoms with Crippen LogP contribution in [0.4, 0.5) is 0 Å². The number of nitrogens with one attached hydrogen (secondary N) is 1. The molecule has 1 heterocycles. The summed E-state index contributed by atoms with van der Waals surface area (Å²) >= 11 is 0. The van der Waals surface area contributed by atoms with Gasteiger partial charge in [0.2, 0.25) is 0 Å². The van der Waals surface area contributed by atoms with Crippen molar-refractivity contribution in [2.45, 2.75) is 31.3 Å². The van der Waals surface area contributed by atoms with Gasteiger partial charge in [0.15, 0.2) is 0 Å². The number of hydrogen-bond acceptors (Lipinski definition) is 4. The van der Waals surface area contributed by atoms with Crippen molar-refractivity contribution in [1.82, 2.24) is 15.2 Å². The van der Waals surface area contributed by atoms with E-state index in [-0.39, 0.29) is 0 Å². The first-order chi connectivity index (χ1) is 7.69. The third kappa shape index (κ3) is 3.76. The highest BCUT2D eigenvalue weighted by Gasteiger charge is 2.28. The molecule has 0 aromatic heterocycles. The summed E-state index contributed by atoms with van der Waals surface area (Å²) in [5, 5.41) is 0. The van der Waals surface area contributed by atoms with E-state index < -0.39 is 0 Å². The zero-order chi connectivity index (χ0) is 12.0. The third-order valence-corrected chi connectivity index (χ3v) is 3.41. The fourth-order valence-corrected chi connectivity index (χ4v) is 2.29. The molecule has 0 saturated carbocycles. The Labute approximate surface area is 99.1 Å². The number of nitrogens with two attached hydrogens (primary N) is 1. The lowest BCUT2D eigenvalue weighted by atomic mass is 9.99. The van der Waals surface area contributed by atoms with Crippen molar-refractivity contribution in [2.75, 3.05) is 33.7 Å². The monoisotopic (exact) mass is 224 g/mol. The van der Waals surface area contributed by atoms with Crippen molar-refractivity contribution in [1.29, 1.82) is 0 Å². The SMILES string of the molecule is C#CCCCC(NN)C1CN(C)CCN1C. The van der Waals surface area contributed by atoms with Crippen LogP contribution in [0.1, 0.15) is 19.3 Å². The van der Waals surface area contributed by atoms with Gasteiger partial charge in [-0.25, -0.2) is 0 Å². The van der Waals surface area contributed by atoms with E-state index in [1.165, 1.54) is 0 Å². The van der Waals surface area contributed by atoms with Crippen LogP contribution in [0.2, 0.25) is 0 Å². The van der Waals surface area contributed by atoms with Crippen LogP contribution in [0.3, 0.4) is 0 Å². The van der Waals surface area contributed by atoms with Crippen molar-refractivity contribution in [2.24, 2.45) is 5.84 Å². The summed E-state index contributed by atoms with van der Waals surface area (Å²) in [7, 11) is 4.33. The number of unbranched alkanes of at least 4 members (excludes halogenated alkanes) is 1. The summed E-state index contributed by atoms with van der Waals surface area (Å²) in [6, 6.07) is 0.822. The Kier molecular flexibility index (Phi) is 5.78. The summed E-state index contributed by atoms with van der Waals surface area (Å²) in [6.07, 6.45) is 8.19. The number of rotatable bonds is 5. The maximum absolute atomic E-state index is 5.65. The molecule has 0 radical (unpaired) electrons. The van der Waals surface area contributed by atoms with Crippen LogP contribution in [0.15, 0.2) is 0 Å². The van der Waals surface area contributed by atoms with Gasteiger partial charge in [0.1, 0.15) is 0 Å². The second-order valence-electron chi connectivity index (χ2n) is 4.68. The second kappa shape index (κ2) is 6.87. The molecule has 4 heteroatoms. The first-order valence-corrected chi connectivity index (χ1v) is 5.97. The number of terminal acetylenes is 1. The molecular formula is C12H24N4. The van der Waals surface area contributed by atoms with Crippen LogP contribution in [-0.4, -0.2) is 55.6 Å². The molecule has 0 aromatic carbocycles. The van der Waals surface area contributed by atoms with Crippen LogP contribution < -0.4 is 11.3 Å². The molecule has 2 atom stereocenters. The molecule has 0 spiro atoms. The molecule has 1 aliphatic rings. The number of piperazine rings is 1. The number of nitrogens with zero attached hydrogens (tertiary/aromatic N) is 2. The van der Waals surface area contributed by atoms with Gasteiger partial charge >= 0.3 is 0 Å². The molecule has 0 aliphatic carbocycles. The van der Waals surface area contributed by atoms with Gasteiger partial charge in [0, 0.05) is 38.1 Å². The van der Waals surface area contributed by atoms with Gasteiger partial charge in [-0.2, -0.15) is 0 Å². The number of likely N-dealkylation sites (N-methyl/N-ethyl adjacent to an activating group) is 2. The maximum atomic E-state index is 5.65. The van der Waals surface area contributed by atoms with Gasteiger partial charge in [-0.15, -0.1) is 12.3 Å². The lowest BCUT2D eigenvalue weighted by molar-refractivity contribution is 0.0848. The molecule has 1 saturated heterocycles. The molecule has 1 rings (SSSR count). The van der Waals surface area contributed by atoms with Gasteiger partial charge in [0.05, 0.1) is 0 Å². The van der Waals surface area contributed by atoms with Crippen LogP contribution in [0.5, 0.6) is 0 Å². The highest BCUT2D eigenvalue weighted by atomic mass is 15.3. The van der Waals surface area contributed by atoms with Gasteiger partial charge in [-0.3, -0.25) is 16.2 Å². The lowest BCUT2D eigenvalue weighted by Crippen LogP contribution is -2.59. The molecular weight excluding hydrogens is 200 g/mol. The van der Waals surface area contributed by atoms with E-state index >= 15 is 0 Å². The van der Waals surface area contributed by atoms with Crippen LogP contribution in [0.25, 0.3) is 0 Å². The quantitative estimate of drug-likeness (QED) is 0.295. The van der Waals surface area contributed by atoms with E-state index in [9.17, 15) is 0 Å². The number of hydrazine groups is 1. The highest BCUT2D eigenvalue weighted by molar-refractivity contribution is 4.89. The van der Waals surface area contributed by atoms with E-state index in [1.54, 1.807) is 0 Å². The largest absolute Gasteiger partial charge is 0.303 e. The van der Waals surface area contributed by atoms with Gasteiger partial charge < -0.3 is 4.90 Å². The summed E-state index contributed by atoms with van der Waals surface area (Å²) in [6.45, 7) is 3.31. The normalized spacial score (nSPS) is 25.2. The van der Waals surface area contributed by atoms with Gasteiger partial charge in [-0.05, 0) is 26.9 Å². The molecule has 2 unspecified atom stereocenters. The first kappa shape index (κ1) is 13.5. The standard InChI is InChI=1S/C12H24N4/c1-4-5-6-7-11(14-13)12-10-15(2)8-9-16(12)3/h1,11-12,14H,5-10,13H2,2-3H3. The maximum Gasteiger partial charge on any atom is 0.0387 e. The minimum absolute atomic E-state index is 0.334. The van der Waals surface area contributed by atoms with E-state index in [2.05, 4.69) is 35.2 Å². The zero-order valence-corrected chi connectivity index (χ0v) is 10.4. The smallest absolute Gasteiger partial charge is 0.0387 e. The summed E-state index contributed by atoms with van der Waals surface area (Å²) < 4.78 is 0.